The number of nitrogens with two attached hydrogens (primary N) is 1. The molecule has 1 aromatic heterocycles. The standard InChI is InChI=1S/C10H10N4O5S2/c11-8(15)4-6(10(16)17)14-21(18,19)7-3-1-2-5-9(7)13-20-12-5/h1-3,6,14H,4H2,(H2,11,15)(H,16,17)/p-1/t6-/m0/s1. The maximum atomic E-state index is 12.2. The van der Waals surface area contributed by atoms with Crippen LogP contribution in [0.3, 0.4) is 0 Å². The second-order valence-corrected chi connectivity index (χ2v) is 6.26. The molecule has 0 bridgehead atoms. The van der Waals surface area contributed by atoms with Gasteiger partial charge in [-0.05, 0) is 12.1 Å². The van der Waals surface area contributed by atoms with Crippen LogP contribution in [0.15, 0.2) is 23.1 Å². The number of carbonyl (C=O) groups excluding carboxylic acids is 2. The SMILES string of the molecule is NC(=O)C[C@H](NS(=O)(=O)c1cccc2nsnc12)C(=O)[O-]. The molecule has 1 heterocycles. The zero-order valence-corrected chi connectivity index (χ0v) is 12.0. The molecule has 0 aliphatic rings. The number of aromatic nitrogens is 2. The number of sulfonamides is 1. The Kier molecular flexibility index (Phi) is 4.16. The van der Waals surface area contributed by atoms with Crippen LogP contribution < -0.4 is 15.6 Å². The van der Waals surface area contributed by atoms with E-state index < -0.39 is 34.4 Å². The quantitative estimate of drug-likeness (QED) is 0.618. The average molecular weight is 329 g/mol. The summed E-state index contributed by atoms with van der Waals surface area (Å²) in [7, 11) is -4.22. The third kappa shape index (κ3) is 3.32. The molecule has 0 spiro atoms. The number of hydrogen-bond acceptors (Lipinski definition) is 8. The number of rotatable bonds is 6. The van der Waals surface area contributed by atoms with Crippen molar-refractivity contribution in [2.45, 2.75) is 17.4 Å². The van der Waals surface area contributed by atoms with Crippen molar-refractivity contribution in [1.82, 2.24) is 13.5 Å². The minimum atomic E-state index is -4.22. The minimum Gasteiger partial charge on any atom is -0.548 e. The molecule has 2 aromatic rings. The van der Waals surface area contributed by atoms with Gasteiger partial charge in [-0.15, -0.1) is 0 Å². The summed E-state index contributed by atoms with van der Waals surface area (Å²) in [6.45, 7) is 0. The molecule has 0 saturated carbocycles. The Morgan fingerprint density at radius 2 is 2.10 bits per heavy atom. The van der Waals surface area contributed by atoms with Gasteiger partial charge in [-0.3, -0.25) is 4.79 Å². The van der Waals surface area contributed by atoms with E-state index in [2.05, 4.69) is 8.75 Å². The van der Waals surface area contributed by atoms with E-state index in [1.165, 1.54) is 12.1 Å². The molecule has 11 heteroatoms. The molecule has 0 saturated heterocycles. The first kappa shape index (κ1) is 15.3. The highest BCUT2D eigenvalue weighted by Crippen LogP contribution is 2.21. The molecule has 0 radical (unpaired) electrons. The number of benzene rings is 1. The van der Waals surface area contributed by atoms with Crippen molar-refractivity contribution in [3.8, 4) is 0 Å². The molecule has 0 unspecified atom stereocenters. The van der Waals surface area contributed by atoms with Crippen molar-refractivity contribution in [2.75, 3.05) is 0 Å². The number of nitrogens with zero attached hydrogens (tertiary/aromatic N) is 2. The molecule has 0 aliphatic carbocycles. The lowest BCUT2D eigenvalue weighted by molar-refractivity contribution is -0.308. The maximum absolute atomic E-state index is 12.2. The molecule has 1 amide bonds. The van der Waals surface area contributed by atoms with E-state index in [0.717, 1.165) is 11.7 Å². The summed E-state index contributed by atoms with van der Waals surface area (Å²) in [5.41, 5.74) is 5.36. The van der Waals surface area contributed by atoms with Crippen LogP contribution in [0.25, 0.3) is 11.0 Å². The lowest BCUT2D eigenvalue weighted by atomic mass is 10.2. The minimum absolute atomic E-state index is 0.117. The van der Waals surface area contributed by atoms with Crippen LogP contribution in [0.4, 0.5) is 0 Å². The first-order valence-electron chi connectivity index (χ1n) is 5.54. The van der Waals surface area contributed by atoms with Gasteiger partial charge in [0, 0.05) is 6.42 Å². The van der Waals surface area contributed by atoms with E-state index in [0.29, 0.717) is 5.52 Å². The van der Waals surface area contributed by atoms with Crippen molar-refractivity contribution in [3.63, 3.8) is 0 Å². The van der Waals surface area contributed by atoms with Gasteiger partial charge >= 0.3 is 0 Å². The normalized spacial score (nSPS) is 13.1. The molecule has 1 aromatic carbocycles. The number of carboxylic acid groups (broad SMARTS) is 1. The second-order valence-electron chi connectivity index (χ2n) is 4.05. The number of fused-ring (bicyclic) bond motifs is 1. The summed E-state index contributed by atoms with van der Waals surface area (Å²) < 4.78 is 34.1. The highest BCUT2D eigenvalue weighted by Gasteiger charge is 2.25. The number of nitrogens with one attached hydrogen (secondary N) is 1. The highest BCUT2D eigenvalue weighted by molar-refractivity contribution is 7.89. The van der Waals surface area contributed by atoms with Gasteiger partial charge in [-0.2, -0.15) is 8.75 Å². The summed E-state index contributed by atoms with van der Waals surface area (Å²) in [6.07, 6.45) is -0.715. The topological polar surface area (TPSA) is 155 Å². The molecular formula is C10H9N4O5S2-. The van der Waals surface area contributed by atoms with Gasteiger partial charge in [-0.1, -0.05) is 6.07 Å². The van der Waals surface area contributed by atoms with E-state index >= 15 is 0 Å². The third-order valence-electron chi connectivity index (χ3n) is 2.53. The molecule has 21 heavy (non-hydrogen) atoms. The molecule has 3 N–H and O–H groups in total. The Morgan fingerprint density at radius 3 is 2.71 bits per heavy atom. The van der Waals surface area contributed by atoms with Crippen LogP contribution >= 0.6 is 11.7 Å². The van der Waals surface area contributed by atoms with Gasteiger partial charge < -0.3 is 15.6 Å². The summed E-state index contributed by atoms with van der Waals surface area (Å²) >= 11 is 0.824. The van der Waals surface area contributed by atoms with Gasteiger partial charge in [0.2, 0.25) is 15.9 Å². The van der Waals surface area contributed by atoms with Crippen LogP contribution in [-0.4, -0.2) is 35.1 Å². The Bertz CT molecular complexity index is 801. The van der Waals surface area contributed by atoms with Gasteiger partial charge in [0.25, 0.3) is 0 Å². The summed E-state index contributed by atoms with van der Waals surface area (Å²) in [4.78, 5) is 21.4. The number of carboxylic acids is 1. The van der Waals surface area contributed by atoms with Gasteiger partial charge in [0.1, 0.15) is 15.9 Å². The first-order valence-corrected chi connectivity index (χ1v) is 7.75. The van der Waals surface area contributed by atoms with E-state index in [4.69, 9.17) is 5.73 Å². The van der Waals surface area contributed by atoms with Crippen molar-refractivity contribution in [2.24, 2.45) is 5.73 Å². The zero-order chi connectivity index (χ0) is 15.6. The predicted octanol–water partition coefficient (Wildman–Crippen LogP) is -2.04. The molecule has 2 rings (SSSR count). The Balaban J connectivity index is 2.39. The molecule has 0 aliphatic heterocycles. The van der Waals surface area contributed by atoms with Crippen LogP contribution in [0, 0.1) is 0 Å². The van der Waals surface area contributed by atoms with Crippen molar-refractivity contribution < 1.29 is 23.1 Å². The predicted molar refractivity (Wildman–Crippen MR) is 70.3 cm³/mol. The third-order valence-corrected chi connectivity index (χ3v) is 4.57. The Morgan fingerprint density at radius 1 is 1.38 bits per heavy atom. The summed E-state index contributed by atoms with van der Waals surface area (Å²) in [6, 6.07) is 2.51. The molecule has 1 atom stereocenters. The molecule has 0 fully saturated rings. The fourth-order valence-corrected chi connectivity index (χ4v) is 3.57. The largest absolute Gasteiger partial charge is 0.548 e. The zero-order valence-electron chi connectivity index (χ0n) is 10.3. The van der Waals surface area contributed by atoms with Crippen molar-refractivity contribution in [3.05, 3.63) is 18.2 Å². The fourth-order valence-electron chi connectivity index (χ4n) is 1.62. The lowest BCUT2D eigenvalue weighted by Crippen LogP contribution is -2.49. The second kappa shape index (κ2) is 5.71. The van der Waals surface area contributed by atoms with E-state index in [-0.39, 0.29) is 10.4 Å². The molecule has 9 nitrogen and oxygen atoms in total. The number of aliphatic carboxylic acids is 1. The highest BCUT2D eigenvalue weighted by atomic mass is 32.2. The van der Waals surface area contributed by atoms with Crippen molar-refractivity contribution >= 4 is 44.7 Å². The number of amides is 1. The molecule has 112 valence electrons. The van der Waals surface area contributed by atoms with Gasteiger partial charge in [0.15, 0.2) is 0 Å². The fraction of sp³-hybridized carbons (Fsp3) is 0.200. The van der Waals surface area contributed by atoms with E-state index in [1.807, 2.05) is 4.72 Å². The first-order chi connectivity index (χ1) is 9.81. The maximum Gasteiger partial charge on any atom is 0.243 e. The smallest absolute Gasteiger partial charge is 0.243 e. The number of primary amides is 1. The van der Waals surface area contributed by atoms with Crippen LogP contribution in [0.5, 0.6) is 0 Å². The monoisotopic (exact) mass is 329 g/mol. The van der Waals surface area contributed by atoms with Crippen LogP contribution in [0.1, 0.15) is 6.42 Å². The van der Waals surface area contributed by atoms with Crippen LogP contribution in [-0.2, 0) is 19.6 Å². The Hall–Kier alpha value is -2.11. The van der Waals surface area contributed by atoms with E-state index in [1.54, 1.807) is 6.07 Å². The average Bonchev–Trinajstić information content (AvgIpc) is 2.84. The van der Waals surface area contributed by atoms with Gasteiger partial charge in [0.05, 0.1) is 23.7 Å². The van der Waals surface area contributed by atoms with Crippen LogP contribution in [0.2, 0.25) is 0 Å². The lowest BCUT2D eigenvalue weighted by Gasteiger charge is -2.18. The Labute approximate surface area is 123 Å². The van der Waals surface area contributed by atoms with E-state index in [9.17, 15) is 23.1 Å². The van der Waals surface area contributed by atoms with Crippen molar-refractivity contribution in [1.29, 1.82) is 0 Å². The number of carbonyl (C=O) groups is 2. The molecular weight excluding hydrogens is 320 g/mol. The summed E-state index contributed by atoms with van der Waals surface area (Å²) in [5, 5.41) is 10.9. The van der Waals surface area contributed by atoms with Gasteiger partial charge in [-0.25, -0.2) is 13.1 Å². The number of hydrogen-bond donors (Lipinski definition) is 2. The summed E-state index contributed by atoms with van der Waals surface area (Å²) in [5.74, 6) is -2.72.